The van der Waals surface area contributed by atoms with Crippen molar-refractivity contribution in [2.45, 2.75) is 6.54 Å². The van der Waals surface area contributed by atoms with Crippen molar-refractivity contribution in [2.75, 3.05) is 7.11 Å². The number of carbonyl (C=O) groups is 1. The molecule has 0 aliphatic carbocycles. The highest BCUT2D eigenvalue weighted by Crippen LogP contribution is 2.23. The third-order valence-electron chi connectivity index (χ3n) is 2.25. The highest BCUT2D eigenvalue weighted by atomic mass is 35.5. The van der Waals surface area contributed by atoms with Gasteiger partial charge in [-0.1, -0.05) is 28.4 Å². The summed E-state index contributed by atoms with van der Waals surface area (Å²) in [5.74, 6) is -0.598. The van der Waals surface area contributed by atoms with E-state index in [0.717, 1.165) is 4.68 Å². The van der Waals surface area contributed by atoms with Crippen LogP contribution in [0.15, 0.2) is 16.9 Å². The van der Waals surface area contributed by atoms with Gasteiger partial charge in [0.05, 0.1) is 17.5 Å². The molecule has 18 heavy (non-hydrogen) atoms. The molecular formula is C10H7Cl2N3O3. The Kier molecular flexibility index (Phi) is 3.49. The zero-order valence-electron chi connectivity index (χ0n) is 9.18. The molecule has 2 aromatic rings. The van der Waals surface area contributed by atoms with Crippen LogP contribution in [0.3, 0.4) is 0 Å². The molecule has 94 valence electrons. The zero-order chi connectivity index (χ0) is 13.3. The van der Waals surface area contributed by atoms with Crippen LogP contribution in [-0.4, -0.2) is 28.1 Å². The third-order valence-corrected chi connectivity index (χ3v) is 2.76. The molecular weight excluding hydrogens is 281 g/mol. The summed E-state index contributed by atoms with van der Waals surface area (Å²) in [6.07, 6.45) is 0. The van der Waals surface area contributed by atoms with E-state index in [9.17, 15) is 9.59 Å². The van der Waals surface area contributed by atoms with Crippen LogP contribution < -0.4 is 5.56 Å². The van der Waals surface area contributed by atoms with Crippen molar-refractivity contribution in [3.05, 3.63) is 32.5 Å². The second-order valence-corrected chi connectivity index (χ2v) is 4.26. The number of aromatic nitrogens is 3. The standard InChI is InChI=1S/C10H7Cl2N3O3/c1-18-8(16)4-15-10(17)6-2-5(11)3-7(12)9(6)13-14-15/h2-3H,4H2,1H3. The van der Waals surface area contributed by atoms with Crippen LogP contribution in [-0.2, 0) is 16.1 Å². The molecule has 0 N–H and O–H groups in total. The van der Waals surface area contributed by atoms with Crippen molar-refractivity contribution >= 4 is 40.1 Å². The lowest BCUT2D eigenvalue weighted by atomic mass is 10.2. The van der Waals surface area contributed by atoms with E-state index in [4.69, 9.17) is 23.2 Å². The number of nitrogens with zero attached hydrogens (tertiary/aromatic N) is 3. The summed E-state index contributed by atoms with van der Waals surface area (Å²) in [6, 6.07) is 2.89. The maximum absolute atomic E-state index is 12.0. The van der Waals surface area contributed by atoms with Crippen molar-refractivity contribution in [1.29, 1.82) is 0 Å². The molecule has 0 saturated heterocycles. The van der Waals surface area contributed by atoms with Crippen LogP contribution in [0.25, 0.3) is 10.9 Å². The molecule has 0 bridgehead atoms. The summed E-state index contributed by atoms with van der Waals surface area (Å²) in [6.45, 7) is -0.317. The number of benzene rings is 1. The van der Waals surface area contributed by atoms with E-state index in [0.29, 0.717) is 5.02 Å². The van der Waals surface area contributed by atoms with Crippen molar-refractivity contribution < 1.29 is 9.53 Å². The van der Waals surface area contributed by atoms with Crippen LogP contribution in [0.1, 0.15) is 0 Å². The first kappa shape index (κ1) is 12.8. The lowest BCUT2D eigenvalue weighted by molar-refractivity contribution is -0.141. The number of hydrogen-bond donors (Lipinski definition) is 0. The van der Waals surface area contributed by atoms with Gasteiger partial charge < -0.3 is 4.74 Å². The Morgan fingerprint density at radius 3 is 2.83 bits per heavy atom. The average molecular weight is 288 g/mol. The molecule has 0 radical (unpaired) electrons. The summed E-state index contributed by atoms with van der Waals surface area (Å²) in [4.78, 5) is 23.1. The Balaban J connectivity index is 2.64. The smallest absolute Gasteiger partial charge is 0.327 e. The molecule has 0 fully saturated rings. The fourth-order valence-corrected chi connectivity index (χ4v) is 1.93. The van der Waals surface area contributed by atoms with Gasteiger partial charge in [0.15, 0.2) is 0 Å². The summed E-state index contributed by atoms with van der Waals surface area (Å²) in [5.41, 5.74) is -0.262. The minimum absolute atomic E-state index is 0.200. The van der Waals surface area contributed by atoms with E-state index in [1.807, 2.05) is 0 Å². The number of halogens is 2. The van der Waals surface area contributed by atoms with Crippen LogP contribution in [0.2, 0.25) is 10.0 Å². The monoisotopic (exact) mass is 287 g/mol. The summed E-state index contributed by atoms with van der Waals surface area (Å²) < 4.78 is 5.34. The fourth-order valence-electron chi connectivity index (χ4n) is 1.40. The molecule has 0 saturated carbocycles. The van der Waals surface area contributed by atoms with E-state index in [-0.39, 0.29) is 22.5 Å². The highest BCUT2D eigenvalue weighted by Gasteiger charge is 2.12. The number of ether oxygens (including phenoxy) is 1. The Bertz CT molecular complexity index is 684. The van der Waals surface area contributed by atoms with Gasteiger partial charge >= 0.3 is 5.97 Å². The van der Waals surface area contributed by atoms with Crippen molar-refractivity contribution in [3.63, 3.8) is 0 Å². The van der Waals surface area contributed by atoms with Gasteiger partial charge in [-0.05, 0) is 12.1 Å². The lowest BCUT2D eigenvalue weighted by Gasteiger charge is -2.04. The topological polar surface area (TPSA) is 74.1 Å². The highest BCUT2D eigenvalue weighted by molar-refractivity contribution is 6.38. The van der Waals surface area contributed by atoms with Gasteiger partial charge in [0.1, 0.15) is 12.1 Å². The van der Waals surface area contributed by atoms with Gasteiger partial charge in [-0.3, -0.25) is 9.59 Å². The van der Waals surface area contributed by atoms with E-state index in [1.165, 1.54) is 19.2 Å². The number of carbonyl (C=O) groups excluding carboxylic acids is 1. The number of methoxy groups -OCH3 is 1. The molecule has 1 heterocycles. The predicted octanol–water partition coefficient (Wildman–Crippen LogP) is 1.27. The average Bonchev–Trinajstić information content (AvgIpc) is 2.33. The Morgan fingerprint density at radius 2 is 2.17 bits per heavy atom. The number of hydrogen-bond acceptors (Lipinski definition) is 5. The van der Waals surface area contributed by atoms with Crippen molar-refractivity contribution in [2.24, 2.45) is 0 Å². The quantitative estimate of drug-likeness (QED) is 0.778. The summed E-state index contributed by atoms with van der Waals surface area (Å²) >= 11 is 11.7. The molecule has 0 unspecified atom stereocenters. The fraction of sp³-hybridized carbons (Fsp3) is 0.200. The Morgan fingerprint density at radius 1 is 1.44 bits per heavy atom. The van der Waals surface area contributed by atoms with Gasteiger partial charge in [-0.25, -0.2) is 0 Å². The SMILES string of the molecule is COC(=O)Cn1nnc2c(Cl)cc(Cl)cc2c1=O. The maximum atomic E-state index is 12.0. The maximum Gasteiger partial charge on any atom is 0.327 e. The third kappa shape index (κ3) is 2.30. The molecule has 0 amide bonds. The van der Waals surface area contributed by atoms with Gasteiger partial charge in [0, 0.05) is 5.02 Å². The van der Waals surface area contributed by atoms with Crippen LogP contribution in [0.4, 0.5) is 0 Å². The summed E-state index contributed by atoms with van der Waals surface area (Å²) in [5, 5.41) is 8.13. The lowest BCUT2D eigenvalue weighted by Crippen LogP contribution is -2.28. The molecule has 8 heteroatoms. The van der Waals surface area contributed by atoms with E-state index in [2.05, 4.69) is 15.0 Å². The van der Waals surface area contributed by atoms with Crippen LogP contribution in [0, 0.1) is 0 Å². The summed E-state index contributed by atoms with van der Waals surface area (Å²) in [7, 11) is 1.22. The zero-order valence-corrected chi connectivity index (χ0v) is 10.7. The Labute approximate surface area is 111 Å². The van der Waals surface area contributed by atoms with E-state index < -0.39 is 11.5 Å². The number of esters is 1. The number of rotatable bonds is 2. The molecule has 0 spiro atoms. The first-order valence-electron chi connectivity index (χ1n) is 4.82. The molecule has 2 rings (SSSR count). The van der Waals surface area contributed by atoms with E-state index >= 15 is 0 Å². The normalized spacial score (nSPS) is 10.6. The second-order valence-electron chi connectivity index (χ2n) is 3.41. The van der Waals surface area contributed by atoms with Crippen LogP contribution >= 0.6 is 23.2 Å². The van der Waals surface area contributed by atoms with Gasteiger partial charge in [0.2, 0.25) is 0 Å². The first-order chi connectivity index (χ1) is 8.52. The largest absolute Gasteiger partial charge is 0.468 e. The van der Waals surface area contributed by atoms with Crippen LogP contribution in [0.5, 0.6) is 0 Å². The van der Waals surface area contributed by atoms with Crippen molar-refractivity contribution in [3.8, 4) is 0 Å². The predicted molar refractivity (Wildman–Crippen MR) is 65.8 cm³/mol. The minimum atomic E-state index is -0.598. The van der Waals surface area contributed by atoms with Gasteiger partial charge in [-0.2, -0.15) is 4.68 Å². The molecule has 1 aromatic carbocycles. The van der Waals surface area contributed by atoms with Crippen molar-refractivity contribution in [1.82, 2.24) is 15.0 Å². The van der Waals surface area contributed by atoms with E-state index in [1.54, 1.807) is 0 Å². The number of fused-ring (bicyclic) bond motifs is 1. The molecule has 0 aliphatic heterocycles. The Hall–Kier alpha value is -1.66. The first-order valence-corrected chi connectivity index (χ1v) is 5.58. The molecule has 6 nitrogen and oxygen atoms in total. The molecule has 1 aromatic heterocycles. The molecule has 0 atom stereocenters. The van der Waals surface area contributed by atoms with Gasteiger partial charge in [0.25, 0.3) is 5.56 Å². The minimum Gasteiger partial charge on any atom is -0.468 e. The molecule has 0 aliphatic rings. The van der Waals surface area contributed by atoms with Gasteiger partial charge in [-0.15, -0.1) is 5.10 Å². The second kappa shape index (κ2) is 4.91.